The molecule has 1 aliphatic rings. The van der Waals surface area contributed by atoms with Crippen LogP contribution in [0.4, 0.5) is 4.39 Å². The van der Waals surface area contributed by atoms with Gasteiger partial charge in [-0.05, 0) is 6.42 Å². The van der Waals surface area contributed by atoms with Crippen LogP contribution in [-0.2, 0) is 0 Å². The summed E-state index contributed by atoms with van der Waals surface area (Å²) in [6.45, 7) is 2.27. The number of hydrogen-bond donors (Lipinski definition) is 1. The third-order valence-corrected chi connectivity index (χ3v) is 0.857. The zero-order chi connectivity index (χ0) is 4.41. The molecule has 1 rings (SSSR count). The van der Waals surface area contributed by atoms with Crippen molar-refractivity contribution in [2.75, 3.05) is 6.54 Å². The summed E-state index contributed by atoms with van der Waals surface area (Å²) in [5, 5.41) is 2.77. The van der Waals surface area contributed by atoms with Crippen LogP contribution in [0.1, 0.15) is 6.42 Å². The predicted octanol–water partition coefficient (Wildman–Crippen LogP) is 0.480. The first-order valence-corrected chi connectivity index (χ1v) is 2.09. The van der Waals surface area contributed by atoms with Crippen molar-refractivity contribution in [3.8, 4) is 0 Å². The van der Waals surface area contributed by atoms with E-state index in [1.807, 2.05) is 0 Å². The van der Waals surface area contributed by atoms with Gasteiger partial charge in [-0.1, -0.05) is 0 Å². The molecule has 1 heterocycles. The highest BCUT2D eigenvalue weighted by Gasteiger charge is 2.10. The molecule has 35 valence electrons. The summed E-state index contributed by atoms with van der Waals surface area (Å²) in [6.07, 6.45) is -0.0370. The van der Waals surface area contributed by atoms with Crippen LogP contribution < -0.4 is 5.32 Å². The molecule has 0 saturated carbocycles. The van der Waals surface area contributed by atoms with E-state index in [4.69, 9.17) is 0 Å². The first kappa shape index (κ1) is 4.06. The van der Waals surface area contributed by atoms with Crippen molar-refractivity contribution in [3.63, 3.8) is 0 Å². The van der Waals surface area contributed by atoms with Crippen LogP contribution in [0.25, 0.3) is 0 Å². The molecule has 1 saturated heterocycles. The molecule has 6 heavy (non-hydrogen) atoms. The highest BCUT2D eigenvalue weighted by Crippen LogP contribution is 2.03. The molecule has 0 aromatic carbocycles. The predicted molar refractivity (Wildman–Crippen MR) is 21.8 cm³/mol. The number of hydrogen-bond acceptors (Lipinski definition) is 1. The van der Waals surface area contributed by atoms with Crippen molar-refractivity contribution < 1.29 is 4.39 Å². The number of rotatable bonds is 0. The SMILES string of the molecule is F[C@H]1C[CH]NC1. The van der Waals surface area contributed by atoms with Gasteiger partial charge in [-0.25, -0.2) is 4.39 Å². The fraction of sp³-hybridized carbons (Fsp3) is 0.750. The maximum atomic E-state index is 11.8. The Labute approximate surface area is 36.5 Å². The molecular formula is C4H7FN. The van der Waals surface area contributed by atoms with Gasteiger partial charge in [-0.3, -0.25) is 0 Å². The quantitative estimate of drug-likeness (QED) is 0.454. The Balaban J connectivity index is 2.18. The smallest absolute Gasteiger partial charge is 0.114 e. The molecule has 0 aromatic heterocycles. The molecule has 2 heteroatoms. The summed E-state index contributed by atoms with van der Waals surface area (Å²) in [6, 6.07) is 0. The van der Waals surface area contributed by atoms with Gasteiger partial charge in [-0.2, -0.15) is 0 Å². The van der Waals surface area contributed by atoms with Crippen LogP contribution in [0.2, 0.25) is 0 Å². The molecule has 0 unspecified atom stereocenters. The van der Waals surface area contributed by atoms with Gasteiger partial charge in [0.1, 0.15) is 6.17 Å². The molecule has 1 aliphatic heterocycles. The molecule has 0 spiro atoms. The van der Waals surface area contributed by atoms with E-state index in [-0.39, 0.29) is 0 Å². The van der Waals surface area contributed by atoms with Gasteiger partial charge in [0, 0.05) is 13.1 Å². The molecule has 0 amide bonds. The summed E-state index contributed by atoms with van der Waals surface area (Å²) in [5.74, 6) is 0. The average molecular weight is 88.1 g/mol. The summed E-state index contributed by atoms with van der Waals surface area (Å²) in [5.41, 5.74) is 0. The second-order valence-corrected chi connectivity index (χ2v) is 1.45. The van der Waals surface area contributed by atoms with E-state index in [0.717, 1.165) is 0 Å². The standard InChI is InChI=1S/C4H7FN/c5-4-1-2-6-3-4/h2,4,6H,1,3H2/t4-/m0/s1. The van der Waals surface area contributed by atoms with E-state index in [9.17, 15) is 4.39 Å². The van der Waals surface area contributed by atoms with Crippen molar-refractivity contribution in [3.05, 3.63) is 6.54 Å². The van der Waals surface area contributed by atoms with Gasteiger partial charge in [-0.15, -0.1) is 0 Å². The van der Waals surface area contributed by atoms with E-state index < -0.39 is 6.17 Å². The van der Waals surface area contributed by atoms with Crippen LogP contribution in [0.3, 0.4) is 0 Å². The Morgan fingerprint density at radius 1 is 1.83 bits per heavy atom. The van der Waals surface area contributed by atoms with Crippen LogP contribution in [0.5, 0.6) is 0 Å². The Bertz CT molecular complexity index is 40.8. The molecule has 0 bridgehead atoms. The van der Waals surface area contributed by atoms with E-state index in [1.54, 1.807) is 6.54 Å². The molecule has 1 fully saturated rings. The van der Waals surface area contributed by atoms with E-state index in [1.165, 1.54) is 0 Å². The minimum Gasteiger partial charge on any atom is -0.309 e. The van der Waals surface area contributed by atoms with Crippen LogP contribution in [0.15, 0.2) is 0 Å². The van der Waals surface area contributed by atoms with Gasteiger partial charge in [0.2, 0.25) is 0 Å². The number of alkyl halides is 1. The first-order valence-electron chi connectivity index (χ1n) is 2.09. The minimum atomic E-state index is -0.620. The van der Waals surface area contributed by atoms with Crippen molar-refractivity contribution >= 4 is 0 Å². The summed E-state index contributed by atoms with van der Waals surface area (Å²) >= 11 is 0. The zero-order valence-electron chi connectivity index (χ0n) is 3.45. The lowest BCUT2D eigenvalue weighted by Gasteiger charge is -1.86. The monoisotopic (exact) mass is 88.1 g/mol. The largest absolute Gasteiger partial charge is 0.309 e. The van der Waals surface area contributed by atoms with Crippen LogP contribution in [-0.4, -0.2) is 12.7 Å². The average Bonchev–Trinajstić information content (AvgIpc) is 1.86. The first-order chi connectivity index (χ1) is 2.89. The summed E-state index contributed by atoms with van der Waals surface area (Å²) in [7, 11) is 0. The van der Waals surface area contributed by atoms with Gasteiger partial charge in [0.15, 0.2) is 0 Å². The maximum absolute atomic E-state index is 11.8. The molecule has 0 aliphatic carbocycles. The zero-order valence-corrected chi connectivity index (χ0v) is 3.45. The highest BCUT2D eigenvalue weighted by molar-refractivity contribution is 4.78. The highest BCUT2D eigenvalue weighted by atomic mass is 19.1. The Hall–Kier alpha value is -0.110. The van der Waals surface area contributed by atoms with E-state index >= 15 is 0 Å². The molecule has 1 nitrogen and oxygen atoms in total. The second kappa shape index (κ2) is 1.56. The van der Waals surface area contributed by atoms with Crippen LogP contribution >= 0.6 is 0 Å². The van der Waals surface area contributed by atoms with Crippen molar-refractivity contribution in [1.29, 1.82) is 0 Å². The maximum Gasteiger partial charge on any atom is 0.114 e. The second-order valence-electron chi connectivity index (χ2n) is 1.45. The third kappa shape index (κ3) is 0.684. The van der Waals surface area contributed by atoms with Crippen molar-refractivity contribution in [2.45, 2.75) is 12.6 Å². The Morgan fingerprint density at radius 2 is 2.67 bits per heavy atom. The molecule has 1 atom stereocenters. The lowest BCUT2D eigenvalue weighted by molar-refractivity contribution is 0.363. The van der Waals surface area contributed by atoms with Crippen molar-refractivity contribution in [2.24, 2.45) is 0 Å². The minimum absolute atomic E-state index is 0.514. The summed E-state index contributed by atoms with van der Waals surface area (Å²) in [4.78, 5) is 0. The normalized spacial score (nSPS) is 34.5. The Morgan fingerprint density at radius 3 is 2.83 bits per heavy atom. The number of halogens is 1. The van der Waals surface area contributed by atoms with E-state index in [2.05, 4.69) is 5.32 Å². The molecule has 1 radical (unpaired) electrons. The lowest BCUT2D eigenvalue weighted by atomic mass is 10.4. The van der Waals surface area contributed by atoms with Gasteiger partial charge < -0.3 is 5.32 Å². The Kier molecular flexibility index (Phi) is 1.05. The topological polar surface area (TPSA) is 12.0 Å². The van der Waals surface area contributed by atoms with E-state index in [0.29, 0.717) is 13.0 Å². The molecular weight excluding hydrogens is 81.0 g/mol. The fourth-order valence-electron chi connectivity index (χ4n) is 0.506. The van der Waals surface area contributed by atoms with Gasteiger partial charge in [0.05, 0.1) is 0 Å². The van der Waals surface area contributed by atoms with Crippen LogP contribution in [0, 0.1) is 6.54 Å². The molecule has 0 aromatic rings. The van der Waals surface area contributed by atoms with Gasteiger partial charge >= 0.3 is 0 Å². The number of nitrogens with one attached hydrogen (secondary N) is 1. The fourth-order valence-corrected chi connectivity index (χ4v) is 0.506. The lowest BCUT2D eigenvalue weighted by Crippen LogP contribution is -2.06. The summed E-state index contributed by atoms with van der Waals surface area (Å²) < 4.78 is 11.8. The van der Waals surface area contributed by atoms with Crippen molar-refractivity contribution in [1.82, 2.24) is 5.32 Å². The molecule has 1 N–H and O–H groups in total. The third-order valence-electron chi connectivity index (χ3n) is 0.857. The van der Waals surface area contributed by atoms with Gasteiger partial charge in [0.25, 0.3) is 0 Å².